The van der Waals surface area contributed by atoms with E-state index in [0.717, 1.165) is 23.9 Å². The second-order valence-electron chi connectivity index (χ2n) is 6.53. The van der Waals surface area contributed by atoms with E-state index in [1.807, 2.05) is 0 Å². The largest absolute Gasteiger partial charge is 0.369 e. The van der Waals surface area contributed by atoms with Crippen LogP contribution >= 0.6 is 0 Å². The Hall–Kier alpha value is -1.51. The molecule has 0 spiro atoms. The van der Waals surface area contributed by atoms with Gasteiger partial charge in [-0.05, 0) is 42.9 Å². The molecular weight excluding hydrogens is 246 g/mol. The van der Waals surface area contributed by atoms with Crippen molar-refractivity contribution in [3.05, 3.63) is 23.8 Å². The zero-order valence-corrected chi connectivity index (χ0v) is 12.6. The number of aryl methyl sites for hydroxylation is 2. The first-order valence-corrected chi connectivity index (χ1v) is 7.86. The fourth-order valence-corrected chi connectivity index (χ4v) is 3.42. The molecule has 0 atom stereocenters. The van der Waals surface area contributed by atoms with Crippen LogP contribution in [-0.2, 0) is 6.54 Å². The van der Waals surface area contributed by atoms with Crippen molar-refractivity contribution < 1.29 is 0 Å². The van der Waals surface area contributed by atoms with E-state index in [9.17, 15) is 0 Å². The average Bonchev–Trinajstić information content (AvgIpc) is 2.73. The van der Waals surface area contributed by atoms with Crippen LogP contribution < -0.4 is 5.73 Å². The smallest absolute Gasteiger partial charge is 0.201 e. The van der Waals surface area contributed by atoms with Crippen LogP contribution in [0.15, 0.2) is 18.2 Å². The summed E-state index contributed by atoms with van der Waals surface area (Å²) in [5, 5.41) is 0. The molecule has 1 aromatic heterocycles. The maximum absolute atomic E-state index is 6.09. The molecule has 0 aliphatic heterocycles. The molecule has 0 unspecified atom stereocenters. The monoisotopic (exact) mass is 271 g/mol. The van der Waals surface area contributed by atoms with Gasteiger partial charge in [0.15, 0.2) is 0 Å². The molecule has 108 valence electrons. The Morgan fingerprint density at radius 2 is 2.00 bits per heavy atom. The molecule has 3 heteroatoms. The Balaban J connectivity index is 1.72. The number of benzene rings is 1. The maximum Gasteiger partial charge on any atom is 0.201 e. The molecule has 1 aromatic carbocycles. The van der Waals surface area contributed by atoms with Crippen LogP contribution in [-0.4, -0.2) is 9.55 Å². The van der Waals surface area contributed by atoms with Crippen molar-refractivity contribution in [2.24, 2.45) is 11.8 Å². The number of nitrogens with two attached hydrogens (primary N) is 1. The Morgan fingerprint density at radius 3 is 2.75 bits per heavy atom. The zero-order chi connectivity index (χ0) is 14.1. The quantitative estimate of drug-likeness (QED) is 0.911. The Morgan fingerprint density at radius 1 is 1.25 bits per heavy atom. The van der Waals surface area contributed by atoms with Crippen LogP contribution in [0.4, 0.5) is 5.95 Å². The van der Waals surface area contributed by atoms with E-state index in [1.54, 1.807) is 0 Å². The van der Waals surface area contributed by atoms with Crippen LogP contribution in [0.5, 0.6) is 0 Å². The van der Waals surface area contributed by atoms with E-state index in [1.165, 1.54) is 43.2 Å². The van der Waals surface area contributed by atoms with Crippen LogP contribution in [0.2, 0.25) is 0 Å². The molecule has 20 heavy (non-hydrogen) atoms. The Kier molecular flexibility index (Phi) is 3.68. The van der Waals surface area contributed by atoms with Gasteiger partial charge in [-0.25, -0.2) is 4.98 Å². The first kappa shape index (κ1) is 13.5. The summed E-state index contributed by atoms with van der Waals surface area (Å²) in [7, 11) is 0. The van der Waals surface area contributed by atoms with Crippen LogP contribution in [0.25, 0.3) is 11.0 Å². The van der Waals surface area contributed by atoms with Crippen molar-refractivity contribution in [2.75, 3.05) is 5.73 Å². The van der Waals surface area contributed by atoms with E-state index in [-0.39, 0.29) is 0 Å². The minimum absolute atomic E-state index is 0.662. The lowest BCUT2D eigenvalue weighted by Crippen LogP contribution is -2.15. The van der Waals surface area contributed by atoms with Gasteiger partial charge in [-0.3, -0.25) is 0 Å². The van der Waals surface area contributed by atoms with Gasteiger partial charge in [-0.2, -0.15) is 0 Å². The molecule has 2 aromatic rings. The van der Waals surface area contributed by atoms with Crippen molar-refractivity contribution in [3.8, 4) is 0 Å². The van der Waals surface area contributed by atoms with Crippen molar-refractivity contribution in [3.63, 3.8) is 0 Å². The first-order valence-electron chi connectivity index (χ1n) is 7.86. The number of hydrogen-bond acceptors (Lipinski definition) is 2. The standard InChI is InChI=1S/C17H25N3/c1-12-3-6-14(7-4-12)9-10-20-16-8-5-13(2)11-15(16)19-17(20)18/h5,8,11-12,14H,3-4,6-7,9-10H2,1-2H3,(H2,18,19). The summed E-state index contributed by atoms with van der Waals surface area (Å²) in [5.41, 5.74) is 9.54. The summed E-state index contributed by atoms with van der Waals surface area (Å²) in [6.45, 7) is 5.47. The van der Waals surface area contributed by atoms with Crippen molar-refractivity contribution >= 4 is 17.0 Å². The summed E-state index contributed by atoms with van der Waals surface area (Å²) in [4.78, 5) is 4.49. The topological polar surface area (TPSA) is 43.8 Å². The molecule has 0 bridgehead atoms. The van der Waals surface area contributed by atoms with E-state index in [4.69, 9.17) is 5.73 Å². The van der Waals surface area contributed by atoms with E-state index < -0.39 is 0 Å². The van der Waals surface area contributed by atoms with E-state index in [2.05, 4.69) is 41.6 Å². The highest BCUT2D eigenvalue weighted by atomic mass is 15.1. The van der Waals surface area contributed by atoms with Crippen molar-refractivity contribution in [2.45, 2.75) is 52.5 Å². The molecule has 0 amide bonds. The number of imidazole rings is 1. The minimum atomic E-state index is 0.662. The number of nitrogens with zero attached hydrogens (tertiary/aromatic N) is 2. The number of hydrogen-bond donors (Lipinski definition) is 1. The maximum atomic E-state index is 6.09. The molecule has 1 heterocycles. The normalized spacial score (nSPS) is 23.3. The number of aromatic nitrogens is 2. The van der Waals surface area contributed by atoms with Gasteiger partial charge < -0.3 is 10.3 Å². The van der Waals surface area contributed by atoms with Gasteiger partial charge in [0, 0.05) is 6.54 Å². The van der Waals surface area contributed by atoms with Crippen LogP contribution in [0.1, 0.15) is 44.6 Å². The van der Waals surface area contributed by atoms with Gasteiger partial charge in [-0.1, -0.05) is 38.7 Å². The highest BCUT2D eigenvalue weighted by molar-refractivity contribution is 5.79. The number of rotatable bonds is 3. The summed E-state index contributed by atoms with van der Waals surface area (Å²) in [6, 6.07) is 6.41. The van der Waals surface area contributed by atoms with Crippen LogP contribution in [0, 0.1) is 18.8 Å². The fraction of sp³-hybridized carbons (Fsp3) is 0.588. The van der Waals surface area contributed by atoms with Gasteiger partial charge >= 0.3 is 0 Å². The van der Waals surface area contributed by atoms with Gasteiger partial charge in [0.2, 0.25) is 5.95 Å². The highest BCUT2D eigenvalue weighted by Crippen LogP contribution is 2.31. The second kappa shape index (κ2) is 5.47. The van der Waals surface area contributed by atoms with Gasteiger partial charge in [0.1, 0.15) is 0 Å². The lowest BCUT2D eigenvalue weighted by Gasteiger charge is -2.26. The van der Waals surface area contributed by atoms with Gasteiger partial charge in [0.25, 0.3) is 0 Å². The molecule has 3 nitrogen and oxygen atoms in total. The molecule has 2 N–H and O–H groups in total. The van der Waals surface area contributed by atoms with Gasteiger partial charge in [-0.15, -0.1) is 0 Å². The number of anilines is 1. The molecule has 0 saturated heterocycles. The van der Waals surface area contributed by atoms with E-state index >= 15 is 0 Å². The molecule has 3 rings (SSSR count). The third-order valence-electron chi connectivity index (χ3n) is 4.83. The van der Waals surface area contributed by atoms with Crippen molar-refractivity contribution in [1.29, 1.82) is 0 Å². The average molecular weight is 271 g/mol. The first-order chi connectivity index (χ1) is 9.63. The summed E-state index contributed by atoms with van der Waals surface area (Å²) in [6.07, 6.45) is 6.78. The molecule has 1 aliphatic carbocycles. The summed E-state index contributed by atoms with van der Waals surface area (Å²) < 4.78 is 2.19. The van der Waals surface area contributed by atoms with Gasteiger partial charge in [0.05, 0.1) is 11.0 Å². The lowest BCUT2D eigenvalue weighted by molar-refractivity contribution is 0.270. The molecular formula is C17H25N3. The lowest BCUT2D eigenvalue weighted by atomic mass is 9.81. The zero-order valence-electron chi connectivity index (χ0n) is 12.6. The number of nitrogen functional groups attached to an aromatic ring is 1. The second-order valence-corrected chi connectivity index (χ2v) is 6.53. The molecule has 1 aliphatic rings. The molecule has 1 fully saturated rings. The predicted octanol–water partition coefficient (Wildman–Crippen LogP) is 4.14. The number of fused-ring (bicyclic) bond motifs is 1. The molecule has 0 radical (unpaired) electrons. The Bertz CT molecular complexity index is 592. The molecule has 1 saturated carbocycles. The highest BCUT2D eigenvalue weighted by Gasteiger charge is 2.18. The summed E-state index contributed by atoms with van der Waals surface area (Å²) in [5.74, 6) is 2.46. The van der Waals surface area contributed by atoms with E-state index in [0.29, 0.717) is 5.95 Å². The SMILES string of the molecule is Cc1ccc2c(c1)nc(N)n2CCC1CCC(C)CC1. The van der Waals surface area contributed by atoms with Crippen molar-refractivity contribution in [1.82, 2.24) is 9.55 Å². The summed E-state index contributed by atoms with van der Waals surface area (Å²) >= 11 is 0. The minimum Gasteiger partial charge on any atom is -0.369 e. The van der Waals surface area contributed by atoms with Crippen LogP contribution in [0.3, 0.4) is 0 Å². The third kappa shape index (κ3) is 2.67. The predicted molar refractivity (Wildman–Crippen MR) is 84.6 cm³/mol. The third-order valence-corrected chi connectivity index (χ3v) is 4.83. The Labute approximate surface area is 121 Å². The fourth-order valence-electron chi connectivity index (χ4n) is 3.42.